The number of nitrogens with zero attached hydrogens (tertiary/aromatic N) is 3. The fourth-order valence-corrected chi connectivity index (χ4v) is 3.34. The average molecular weight is 262 g/mol. The summed E-state index contributed by atoms with van der Waals surface area (Å²) in [5, 5.41) is 3.14. The van der Waals surface area contributed by atoms with E-state index in [4.69, 9.17) is 4.74 Å². The third kappa shape index (κ3) is 2.27. The second-order valence-electron chi connectivity index (χ2n) is 5.38. The zero-order valence-corrected chi connectivity index (χ0v) is 11.7. The minimum Gasteiger partial charge on any atom is -0.374 e. The van der Waals surface area contributed by atoms with Crippen LogP contribution >= 0.6 is 0 Å². The normalized spacial score (nSPS) is 26.9. The quantitative estimate of drug-likeness (QED) is 0.883. The molecule has 0 radical (unpaired) electrons. The van der Waals surface area contributed by atoms with Gasteiger partial charge in [0.1, 0.15) is 18.0 Å². The highest BCUT2D eigenvalue weighted by Gasteiger charge is 2.35. The zero-order valence-electron chi connectivity index (χ0n) is 11.7. The molecule has 0 bridgehead atoms. The summed E-state index contributed by atoms with van der Waals surface area (Å²) in [4.78, 5) is 11.2. The predicted molar refractivity (Wildman–Crippen MR) is 75.7 cm³/mol. The summed E-state index contributed by atoms with van der Waals surface area (Å²) in [5.41, 5.74) is 1.14. The van der Waals surface area contributed by atoms with E-state index in [9.17, 15) is 0 Å². The molecule has 1 aliphatic heterocycles. The van der Waals surface area contributed by atoms with Gasteiger partial charge in [0.25, 0.3) is 0 Å². The van der Waals surface area contributed by atoms with Crippen LogP contribution in [0.2, 0.25) is 0 Å². The van der Waals surface area contributed by atoms with E-state index >= 15 is 0 Å². The summed E-state index contributed by atoms with van der Waals surface area (Å²) in [5.74, 6) is 1.99. The van der Waals surface area contributed by atoms with Crippen molar-refractivity contribution in [2.24, 2.45) is 0 Å². The maximum atomic E-state index is 5.93. The van der Waals surface area contributed by atoms with Crippen molar-refractivity contribution in [3.05, 3.63) is 11.9 Å². The van der Waals surface area contributed by atoms with E-state index in [-0.39, 0.29) is 0 Å². The SMILES string of the molecule is CNc1ncnc(N2CCOC3CCCCC32)c1C. The predicted octanol–water partition coefficient (Wildman–Crippen LogP) is 1.97. The van der Waals surface area contributed by atoms with Crippen molar-refractivity contribution in [2.75, 3.05) is 30.4 Å². The van der Waals surface area contributed by atoms with Crippen molar-refractivity contribution in [1.29, 1.82) is 0 Å². The van der Waals surface area contributed by atoms with Crippen LogP contribution in [0.4, 0.5) is 11.6 Å². The van der Waals surface area contributed by atoms with Crippen LogP contribution in [-0.4, -0.2) is 42.3 Å². The third-order valence-corrected chi connectivity index (χ3v) is 4.30. The van der Waals surface area contributed by atoms with Crippen LogP contribution in [0.1, 0.15) is 31.2 Å². The maximum Gasteiger partial charge on any atom is 0.137 e. The Balaban J connectivity index is 1.91. The lowest BCUT2D eigenvalue weighted by Gasteiger charge is -2.44. The van der Waals surface area contributed by atoms with Gasteiger partial charge in [0.2, 0.25) is 0 Å². The molecule has 0 aromatic carbocycles. The Morgan fingerprint density at radius 3 is 3.00 bits per heavy atom. The smallest absolute Gasteiger partial charge is 0.137 e. The summed E-state index contributed by atoms with van der Waals surface area (Å²) in [6.07, 6.45) is 7.02. The molecule has 5 heteroatoms. The molecule has 1 N–H and O–H groups in total. The molecule has 2 heterocycles. The van der Waals surface area contributed by atoms with E-state index in [1.165, 1.54) is 25.7 Å². The highest BCUT2D eigenvalue weighted by Crippen LogP contribution is 2.33. The number of anilines is 2. The molecule has 1 aliphatic carbocycles. The molecule has 1 aromatic rings. The average Bonchev–Trinajstić information content (AvgIpc) is 2.47. The second kappa shape index (κ2) is 5.33. The van der Waals surface area contributed by atoms with Crippen molar-refractivity contribution < 1.29 is 4.74 Å². The molecule has 1 saturated carbocycles. The highest BCUT2D eigenvalue weighted by atomic mass is 16.5. The van der Waals surface area contributed by atoms with Crippen molar-refractivity contribution in [1.82, 2.24) is 9.97 Å². The zero-order chi connectivity index (χ0) is 13.2. The maximum absolute atomic E-state index is 5.93. The van der Waals surface area contributed by atoms with Crippen LogP contribution in [0.25, 0.3) is 0 Å². The fourth-order valence-electron chi connectivity index (χ4n) is 3.34. The van der Waals surface area contributed by atoms with Crippen LogP contribution in [-0.2, 0) is 4.74 Å². The number of aromatic nitrogens is 2. The van der Waals surface area contributed by atoms with Crippen LogP contribution < -0.4 is 10.2 Å². The molecule has 0 spiro atoms. The van der Waals surface area contributed by atoms with Crippen molar-refractivity contribution in [3.63, 3.8) is 0 Å². The Labute approximate surface area is 114 Å². The number of fused-ring (bicyclic) bond motifs is 1. The summed E-state index contributed by atoms with van der Waals surface area (Å²) in [7, 11) is 1.90. The van der Waals surface area contributed by atoms with Crippen molar-refractivity contribution in [3.8, 4) is 0 Å². The van der Waals surface area contributed by atoms with Crippen LogP contribution in [0.3, 0.4) is 0 Å². The minimum atomic E-state index is 0.384. The Morgan fingerprint density at radius 2 is 2.16 bits per heavy atom. The first-order valence-corrected chi connectivity index (χ1v) is 7.19. The molecular formula is C14H22N4O. The van der Waals surface area contributed by atoms with Gasteiger partial charge in [0.05, 0.1) is 18.8 Å². The van der Waals surface area contributed by atoms with Gasteiger partial charge in [-0.1, -0.05) is 12.8 Å². The van der Waals surface area contributed by atoms with E-state index in [0.29, 0.717) is 12.1 Å². The molecule has 2 aliphatic rings. The van der Waals surface area contributed by atoms with Crippen LogP contribution in [0.15, 0.2) is 6.33 Å². The first-order valence-electron chi connectivity index (χ1n) is 7.19. The van der Waals surface area contributed by atoms with Gasteiger partial charge in [-0.15, -0.1) is 0 Å². The second-order valence-corrected chi connectivity index (χ2v) is 5.38. The molecule has 1 saturated heterocycles. The van der Waals surface area contributed by atoms with Crippen LogP contribution in [0, 0.1) is 6.92 Å². The van der Waals surface area contributed by atoms with Crippen LogP contribution in [0.5, 0.6) is 0 Å². The molecule has 2 fully saturated rings. The summed E-state index contributed by atoms with van der Waals surface area (Å²) in [6.45, 7) is 3.83. The fraction of sp³-hybridized carbons (Fsp3) is 0.714. The number of hydrogen-bond acceptors (Lipinski definition) is 5. The van der Waals surface area contributed by atoms with E-state index < -0.39 is 0 Å². The Kier molecular flexibility index (Phi) is 3.55. The monoisotopic (exact) mass is 262 g/mol. The molecular weight excluding hydrogens is 240 g/mol. The highest BCUT2D eigenvalue weighted by molar-refractivity contribution is 5.58. The first-order chi connectivity index (χ1) is 9.31. The van der Waals surface area contributed by atoms with Gasteiger partial charge in [-0.3, -0.25) is 0 Å². The van der Waals surface area contributed by atoms with Gasteiger partial charge in [0.15, 0.2) is 0 Å². The summed E-state index contributed by atoms with van der Waals surface area (Å²) < 4.78 is 5.93. The van der Waals surface area contributed by atoms with Gasteiger partial charge < -0.3 is 15.0 Å². The molecule has 5 nitrogen and oxygen atoms in total. The van der Waals surface area contributed by atoms with E-state index in [0.717, 1.165) is 30.4 Å². The molecule has 2 atom stereocenters. The number of nitrogens with one attached hydrogen (secondary N) is 1. The first kappa shape index (κ1) is 12.7. The molecule has 0 amide bonds. The van der Waals surface area contributed by atoms with Gasteiger partial charge in [-0.2, -0.15) is 0 Å². The topological polar surface area (TPSA) is 50.3 Å². The van der Waals surface area contributed by atoms with Gasteiger partial charge in [0, 0.05) is 19.2 Å². The van der Waals surface area contributed by atoms with Gasteiger partial charge >= 0.3 is 0 Å². The third-order valence-electron chi connectivity index (χ3n) is 4.30. The lowest BCUT2D eigenvalue weighted by Crippen LogP contribution is -2.53. The molecule has 19 heavy (non-hydrogen) atoms. The largest absolute Gasteiger partial charge is 0.374 e. The Morgan fingerprint density at radius 1 is 1.32 bits per heavy atom. The molecule has 3 rings (SSSR count). The summed E-state index contributed by atoms with van der Waals surface area (Å²) >= 11 is 0. The number of ether oxygens (including phenoxy) is 1. The molecule has 104 valence electrons. The molecule has 1 aromatic heterocycles. The van der Waals surface area contributed by atoms with Crippen molar-refractivity contribution in [2.45, 2.75) is 44.8 Å². The Hall–Kier alpha value is -1.36. The number of hydrogen-bond donors (Lipinski definition) is 1. The minimum absolute atomic E-state index is 0.384. The lowest BCUT2D eigenvalue weighted by atomic mass is 9.90. The van der Waals surface area contributed by atoms with Gasteiger partial charge in [-0.25, -0.2) is 9.97 Å². The summed E-state index contributed by atoms with van der Waals surface area (Å²) in [6, 6.07) is 0.487. The van der Waals surface area contributed by atoms with E-state index in [2.05, 4.69) is 27.1 Å². The van der Waals surface area contributed by atoms with Gasteiger partial charge in [-0.05, 0) is 19.8 Å². The lowest BCUT2D eigenvalue weighted by molar-refractivity contribution is -0.00903. The Bertz CT molecular complexity index is 449. The standard InChI is InChI=1S/C14H22N4O/c1-10-13(15-2)16-9-17-14(10)18-7-8-19-12-6-4-3-5-11(12)18/h9,11-12H,3-8H2,1-2H3,(H,15,16,17). The number of rotatable bonds is 2. The van der Waals surface area contributed by atoms with E-state index in [1.54, 1.807) is 6.33 Å². The number of morpholine rings is 1. The van der Waals surface area contributed by atoms with Crippen molar-refractivity contribution >= 4 is 11.6 Å². The van der Waals surface area contributed by atoms with E-state index in [1.807, 2.05) is 7.05 Å². The molecule has 2 unspecified atom stereocenters.